The molecule has 0 N–H and O–H groups in total. The Labute approximate surface area is 63.4 Å². The van der Waals surface area contributed by atoms with Crippen LogP contribution in [-0.2, 0) is 0 Å². The van der Waals surface area contributed by atoms with Gasteiger partial charge >= 0.3 is 0 Å². The molecule has 0 atom stereocenters. The number of rotatable bonds is 4. The van der Waals surface area contributed by atoms with E-state index in [4.69, 9.17) is 0 Å². The van der Waals surface area contributed by atoms with Crippen molar-refractivity contribution >= 4 is 11.8 Å². The molecule has 55 valence electrons. The number of hydrogen-bond donors (Lipinski definition) is 0. The van der Waals surface area contributed by atoms with Gasteiger partial charge in [-0.15, -0.1) is 0 Å². The van der Waals surface area contributed by atoms with E-state index in [1.54, 1.807) is 0 Å². The third-order valence-electron chi connectivity index (χ3n) is 0.842. The van der Waals surface area contributed by atoms with Crippen molar-refractivity contribution in [3.05, 3.63) is 5.92 Å². The van der Waals surface area contributed by atoms with Gasteiger partial charge in [-0.05, 0) is 23.3 Å². The van der Waals surface area contributed by atoms with Gasteiger partial charge in [0.15, 0.2) is 0 Å². The fourth-order valence-corrected chi connectivity index (χ4v) is 1.50. The Morgan fingerprint density at radius 3 is 2.22 bits per heavy atom. The van der Waals surface area contributed by atoms with Gasteiger partial charge in [-0.25, -0.2) is 0 Å². The summed E-state index contributed by atoms with van der Waals surface area (Å²) in [5, 5.41) is 0. The minimum absolute atomic E-state index is 0.842. The van der Waals surface area contributed by atoms with Crippen molar-refractivity contribution in [2.24, 2.45) is 5.92 Å². The van der Waals surface area contributed by atoms with Gasteiger partial charge in [-0.2, -0.15) is 11.8 Å². The molecule has 0 rings (SSSR count). The molecule has 0 aromatic carbocycles. The largest absolute Gasteiger partial charge is 0.161 e. The minimum Gasteiger partial charge on any atom is -0.161 e. The molecule has 0 aliphatic heterocycles. The first kappa shape index (κ1) is 9.35. The molecule has 0 spiro atoms. The van der Waals surface area contributed by atoms with Crippen LogP contribution in [0, 0.1) is 11.8 Å². The second-order valence-corrected chi connectivity index (χ2v) is 4.15. The van der Waals surface area contributed by atoms with Crippen molar-refractivity contribution < 1.29 is 0 Å². The Balaban J connectivity index is 2.91. The maximum Gasteiger partial charge on any atom is -0.00106 e. The van der Waals surface area contributed by atoms with E-state index in [9.17, 15) is 0 Å². The average Bonchev–Trinajstić information content (AvgIpc) is 1.63. The lowest BCUT2D eigenvalue weighted by molar-refractivity contribution is 0.750. The van der Waals surface area contributed by atoms with Crippen molar-refractivity contribution in [2.75, 3.05) is 11.5 Å². The monoisotopic (exact) mass is 145 g/mol. The van der Waals surface area contributed by atoms with E-state index in [2.05, 4.69) is 27.7 Å². The van der Waals surface area contributed by atoms with E-state index in [0.717, 1.165) is 5.92 Å². The molecule has 9 heavy (non-hydrogen) atoms. The van der Waals surface area contributed by atoms with Gasteiger partial charge in [0.2, 0.25) is 0 Å². The molecule has 0 unspecified atom stereocenters. The standard InChI is InChI=1S/C8H17S/c1-7(2)5-9-6-8(3)4/h7H,5-6H2,1-4H3. The van der Waals surface area contributed by atoms with Crippen LogP contribution in [0.2, 0.25) is 0 Å². The second-order valence-electron chi connectivity index (χ2n) is 3.12. The normalized spacial score (nSPS) is 11.3. The fourth-order valence-electron chi connectivity index (χ4n) is 0.499. The van der Waals surface area contributed by atoms with Crippen molar-refractivity contribution in [3.63, 3.8) is 0 Å². The van der Waals surface area contributed by atoms with Gasteiger partial charge in [0.05, 0.1) is 0 Å². The second kappa shape index (κ2) is 5.16. The maximum absolute atomic E-state index is 2.26. The van der Waals surface area contributed by atoms with Crippen molar-refractivity contribution in [2.45, 2.75) is 27.7 Å². The SMILES string of the molecule is C[C](C)CSCC(C)C. The van der Waals surface area contributed by atoms with Gasteiger partial charge in [0, 0.05) is 0 Å². The van der Waals surface area contributed by atoms with E-state index in [1.807, 2.05) is 11.8 Å². The first-order chi connectivity index (χ1) is 4.13. The summed E-state index contributed by atoms with van der Waals surface area (Å²) in [5.41, 5.74) is 0. The average molecular weight is 145 g/mol. The Morgan fingerprint density at radius 2 is 1.89 bits per heavy atom. The highest BCUT2D eigenvalue weighted by Gasteiger charge is 1.96. The lowest BCUT2D eigenvalue weighted by Crippen LogP contribution is -1.95. The van der Waals surface area contributed by atoms with Gasteiger partial charge in [-0.1, -0.05) is 27.7 Å². The highest BCUT2D eigenvalue weighted by atomic mass is 32.2. The quantitative estimate of drug-likeness (QED) is 0.586. The maximum atomic E-state index is 2.26. The summed E-state index contributed by atoms with van der Waals surface area (Å²) in [7, 11) is 0. The fraction of sp³-hybridized carbons (Fsp3) is 0.875. The summed E-state index contributed by atoms with van der Waals surface area (Å²) in [6.45, 7) is 8.90. The molecule has 1 radical (unpaired) electrons. The molecule has 0 aromatic rings. The molecule has 0 fully saturated rings. The van der Waals surface area contributed by atoms with Crippen LogP contribution in [0.4, 0.5) is 0 Å². The van der Waals surface area contributed by atoms with Crippen LogP contribution in [0.5, 0.6) is 0 Å². The molecule has 0 saturated carbocycles. The molecule has 0 bridgehead atoms. The van der Waals surface area contributed by atoms with E-state index in [-0.39, 0.29) is 0 Å². The molecule has 0 heterocycles. The van der Waals surface area contributed by atoms with Gasteiger partial charge in [0.25, 0.3) is 0 Å². The molecule has 0 aromatic heterocycles. The Hall–Kier alpha value is 0.350. The van der Waals surface area contributed by atoms with Crippen LogP contribution < -0.4 is 0 Å². The van der Waals surface area contributed by atoms with Crippen LogP contribution in [-0.4, -0.2) is 11.5 Å². The molecule has 0 saturated heterocycles. The number of thioether (sulfide) groups is 1. The summed E-state index contributed by atoms with van der Waals surface area (Å²) in [6, 6.07) is 0. The summed E-state index contributed by atoms with van der Waals surface area (Å²) in [5.74, 6) is 4.90. The molecule has 0 aliphatic rings. The van der Waals surface area contributed by atoms with E-state index >= 15 is 0 Å². The summed E-state index contributed by atoms with van der Waals surface area (Å²) in [6.07, 6.45) is 0. The third kappa shape index (κ3) is 8.35. The van der Waals surface area contributed by atoms with Crippen LogP contribution >= 0.6 is 11.8 Å². The zero-order chi connectivity index (χ0) is 7.28. The topological polar surface area (TPSA) is 0 Å². The lowest BCUT2D eigenvalue weighted by atomic mass is 10.3. The first-order valence-electron chi connectivity index (χ1n) is 3.49. The molecule has 1 heteroatoms. The van der Waals surface area contributed by atoms with Crippen LogP contribution in [0.25, 0.3) is 0 Å². The van der Waals surface area contributed by atoms with Gasteiger partial charge in [-0.3, -0.25) is 0 Å². The van der Waals surface area contributed by atoms with Crippen LogP contribution in [0.1, 0.15) is 27.7 Å². The van der Waals surface area contributed by atoms with Gasteiger partial charge < -0.3 is 0 Å². The Kier molecular flexibility index (Phi) is 5.36. The van der Waals surface area contributed by atoms with E-state index in [1.165, 1.54) is 17.4 Å². The summed E-state index contributed by atoms with van der Waals surface area (Å²) in [4.78, 5) is 0. The molecular weight excluding hydrogens is 128 g/mol. The van der Waals surface area contributed by atoms with E-state index in [0.29, 0.717) is 0 Å². The summed E-state index contributed by atoms with van der Waals surface area (Å²) >= 11 is 2.03. The Morgan fingerprint density at radius 1 is 1.33 bits per heavy atom. The van der Waals surface area contributed by atoms with Crippen molar-refractivity contribution in [3.8, 4) is 0 Å². The lowest BCUT2D eigenvalue weighted by Gasteiger charge is -2.05. The van der Waals surface area contributed by atoms with E-state index < -0.39 is 0 Å². The Bertz CT molecular complexity index is 49.6. The molecule has 0 nitrogen and oxygen atoms in total. The molecule has 0 aliphatic carbocycles. The van der Waals surface area contributed by atoms with Crippen molar-refractivity contribution in [1.82, 2.24) is 0 Å². The highest BCUT2D eigenvalue weighted by molar-refractivity contribution is 7.99. The molecular formula is C8H17S. The zero-order valence-corrected chi connectivity index (χ0v) is 7.72. The third-order valence-corrected chi connectivity index (χ3v) is 2.53. The van der Waals surface area contributed by atoms with Gasteiger partial charge in [0.1, 0.15) is 0 Å². The smallest absolute Gasteiger partial charge is 0.00106 e. The van der Waals surface area contributed by atoms with Crippen LogP contribution in [0.15, 0.2) is 0 Å². The van der Waals surface area contributed by atoms with Crippen LogP contribution in [0.3, 0.4) is 0 Å². The molecule has 0 amide bonds. The predicted octanol–water partition coefficient (Wildman–Crippen LogP) is 2.99. The predicted molar refractivity (Wildman–Crippen MR) is 46.8 cm³/mol. The highest BCUT2D eigenvalue weighted by Crippen LogP contribution is 2.12. The van der Waals surface area contributed by atoms with Crippen molar-refractivity contribution in [1.29, 1.82) is 0 Å². The number of hydrogen-bond acceptors (Lipinski definition) is 1. The first-order valence-corrected chi connectivity index (χ1v) is 4.65. The summed E-state index contributed by atoms with van der Waals surface area (Å²) < 4.78 is 0. The minimum atomic E-state index is 0.842. The zero-order valence-electron chi connectivity index (χ0n) is 6.90.